The van der Waals surface area contributed by atoms with E-state index in [-0.39, 0.29) is 17.1 Å². The summed E-state index contributed by atoms with van der Waals surface area (Å²) in [4.78, 5) is 32.7. The zero-order valence-electron chi connectivity index (χ0n) is 10.7. The molecule has 0 saturated heterocycles. The Hall–Kier alpha value is -2.46. The van der Waals surface area contributed by atoms with Crippen molar-refractivity contribution in [2.24, 2.45) is 5.14 Å². The molecule has 1 aromatic carbocycles. The van der Waals surface area contributed by atoms with Crippen molar-refractivity contribution in [1.82, 2.24) is 5.32 Å². The number of hydrogen-bond donors (Lipinski definition) is 3. The van der Waals surface area contributed by atoms with E-state index in [1.54, 1.807) is 0 Å². The number of primary sulfonamides is 1. The van der Waals surface area contributed by atoms with Gasteiger partial charge < -0.3 is 20.5 Å². The quantitative estimate of drug-likeness (QED) is 0.511. The average Bonchev–Trinajstić information content (AvgIpc) is 2.37. The van der Waals surface area contributed by atoms with Gasteiger partial charge in [-0.25, -0.2) is 13.6 Å². The summed E-state index contributed by atoms with van der Waals surface area (Å²) in [6.07, 6.45) is -0.415. The average molecular weight is 314 g/mol. The second kappa shape index (κ2) is 6.81. The van der Waals surface area contributed by atoms with Gasteiger partial charge in [-0.15, -0.1) is 0 Å². The van der Waals surface area contributed by atoms with Crippen molar-refractivity contribution in [3.8, 4) is 0 Å². The number of carboxylic acids is 1. The predicted octanol–water partition coefficient (Wildman–Crippen LogP) is -2.47. The number of nitrogens with two attached hydrogens (primary N) is 1. The van der Waals surface area contributed by atoms with Gasteiger partial charge in [-0.1, -0.05) is 0 Å². The molecule has 4 N–H and O–H groups in total. The lowest BCUT2D eigenvalue weighted by Crippen LogP contribution is -2.37. The molecule has 10 heteroatoms. The minimum absolute atomic E-state index is 0.140. The van der Waals surface area contributed by atoms with Crippen molar-refractivity contribution in [2.75, 3.05) is 11.9 Å². The summed E-state index contributed by atoms with van der Waals surface area (Å²) < 4.78 is 22.0. The van der Waals surface area contributed by atoms with E-state index < -0.39 is 34.2 Å². The molecule has 1 rings (SSSR count). The van der Waals surface area contributed by atoms with Gasteiger partial charge in [0.15, 0.2) is 0 Å². The molecule has 0 radical (unpaired) electrons. The van der Waals surface area contributed by atoms with Crippen LogP contribution in [-0.2, 0) is 24.4 Å². The monoisotopic (exact) mass is 314 g/mol. The van der Waals surface area contributed by atoms with Crippen molar-refractivity contribution in [1.29, 1.82) is 0 Å². The van der Waals surface area contributed by atoms with Crippen molar-refractivity contribution in [2.45, 2.75) is 11.3 Å². The highest BCUT2D eigenvalue weighted by Gasteiger charge is 2.13. The molecule has 0 bridgehead atoms. The predicted molar refractivity (Wildman–Crippen MR) is 69.1 cm³/mol. The number of aliphatic carboxylic acids is 1. The normalized spacial score (nSPS) is 10.7. The highest BCUT2D eigenvalue weighted by atomic mass is 32.2. The molecule has 1 aromatic rings. The van der Waals surface area contributed by atoms with Gasteiger partial charge in [0.1, 0.15) is 0 Å². The molecule has 0 aliphatic carbocycles. The molecule has 21 heavy (non-hydrogen) atoms. The summed E-state index contributed by atoms with van der Waals surface area (Å²) in [5, 5.41) is 19.3. The number of nitrogens with one attached hydrogen (secondary N) is 2. The van der Waals surface area contributed by atoms with Gasteiger partial charge in [-0.2, -0.15) is 0 Å². The fraction of sp³-hybridized carbons (Fsp3) is 0.182. The number of rotatable bonds is 5. The molecule has 2 amide bonds. The highest BCUT2D eigenvalue weighted by Crippen LogP contribution is 2.12. The van der Waals surface area contributed by atoms with Gasteiger partial charge in [-0.05, 0) is 24.3 Å². The summed E-state index contributed by atoms with van der Waals surface area (Å²) in [7, 11) is -3.84. The first kappa shape index (κ1) is 16.6. The van der Waals surface area contributed by atoms with Crippen LogP contribution in [0.3, 0.4) is 0 Å². The Morgan fingerprint density at radius 1 is 1.10 bits per heavy atom. The molecular weight excluding hydrogens is 302 g/mol. The Bertz CT molecular complexity index is 653. The number of carbonyl (C=O) groups excluding carboxylic acids is 3. The maximum atomic E-state index is 11.4. The largest absolute Gasteiger partial charge is 0.550 e. The molecule has 0 heterocycles. The van der Waals surface area contributed by atoms with Crippen LogP contribution in [0.4, 0.5) is 5.69 Å². The molecule has 0 unspecified atom stereocenters. The molecule has 0 spiro atoms. The maximum Gasteiger partial charge on any atom is 0.313 e. The van der Waals surface area contributed by atoms with Crippen LogP contribution in [0.1, 0.15) is 6.42 Å². The number of amides is 2. The van der Waals surface area contributed by atoms with E-state index in [0.29, 0.717) is 0 Å². The Morgan fingerprint density at radius 2 is 1.67 bits per heavy atom. The smallest absolute Gasteiger partial charge is 0.313 e. The number of benzene rings is 1. The van der Waals surface area contributed by atoms with E-state index in [9.17, 15) is 27.9 Å². The number of carbonyl (C=O) groups is 3. The van der Waals surface area contributed by atoms with Crippen LogP contribution in [0.15, 0.2) is 29.2 Å². The number of sulfonamides is 1. The summed E-state index contributed by atoms with van der Waals surface area (Å²) in [6.45, 7) is -0.237. The first-order valence-corrected chi connectivity index (χ1v) is 7.16. The third-order valence-electron chi connectivity index (χ3n) is 2.26. The molecule has 114 valence electrons. The minimum Gasteiger partial charge on any atom is -0.550 e. The first-order chi connectivity index (χ1) is 9.70. The molecule has 0 fully saturated rings. The third kappa shape index (κ3) is 5.58. The lowest BCUT2D eigenvalue weighted by Gasteiger charge is -2.07. The fourth-order valence-electron chi connectivity index (χ4n) is 1.27. The molecular formula is C11H12N3O6S-. The van der Waals surface area contributed by atoms with Gasteiger partial charge in [0.05, 0.1) is 4.90 Å². The number of hydrogen-bond acceptors (Lipinski definition) is 6. The van der Waals surface area contributed by atoms with Crippen molar-refractivity contribution in [3.05, 3.63) is 24.3 Å². The minimum atomic E-state index is -3.84. The van der Waals surface area contributed by atoms with E-state index in [0.717, 1.165) is 0 Å². The Kier molecular flexibility index (Phi) is 5.38. The molecule has 9 nitrogen and oxygen atoms in total. The molecule has 0 atom stereocenters. The second-order valence-corrected chi connectivity index (χ2v) is 5.46. The van der Waals surface area contributed by atoms with Gasteiger partial charge >= 0.3 is 11.8 Å². The Morgan fingerprint density at radius 3 is 2.14 bits per heavy atom. The summed E-state index contributed by atoms with van der Waals surface area (Å²) in [6, 6.07) is 4.84. The van der Waals surface area contributed by atoms with Crippen LogP contribution in [0.5, 0.6) is 0 Å². The van der Waals surface area contributed by atoms with Crippen LogP contribution in [-0.4, -0.2) is 32.7 Å². The van der Waals surface area contributed by atoms with Crippen LogP contribution < -0.4 is 20.9 Å². The van der Waals surface area contributed by atoms with E-state index in [1.807, 2.05) is 0 Å². The second-order valence-electron chi connectivity index (χ2n) is 3.90. The standard InChI is InChI=1S/C11H13N3O6S/c12-21(19,20)8-3-1-7(2-4-8)14-11(18)10(17)13-6-5-9(15)16/h1-4H,5-6H2,(H,13,17)(H,14,18)(H,15,16)(H2,12,19,20)/p-1. The first-order valence-electron chi connectivity index (χ1n) is 5.62. The van der Waals surface area contributed by atoms with Crippen molar-refractivity contribution < 1.29 is 27.9 Å². The van der Waals surface area contributed by atoms with Crippen LogP contribution >= 0.6 is 0 Å². The number of carboxylic acid groups (broad SMARTS) is 1. The summed E-state index contributed by atoms with van der Waals surface area (Å²) in [5.41, 5.74) is 0.183. The van der Waals surface area contributed by atoms with Gasteiger partial charge in [-0.3, -0.25) is 9.59 Å². The summed E-state index contributed by atoms with van der Waals surface area (Å²) in [5.74, 6) is -3.39. The lowest BCUT2D eigenvalue weighted by atomic mass is 10.3. The maximum absolute atomic E-state index is 11.4. The fourth-order valence-corrected chi connectivity index (χ4v) is 1.79. The highest BCUT2D eigenvalue weighted by molar-refractivity contribution is 7.89. The van der Waals surface area contributed by atoms with Gasteiger partial charge in [0.25, 0.3) is 0 Å². The van der Waals surface area contributed by atoms with E-state index >= 15 is 0 Å². The number of anilines is 1. The topological polar surface area (TPSA) is 158 Å². The molecule has 0 aliphatic rings. The lowest BCUT2D eigenvalue weighted by molar-refractivity contribution is -0.305. The van der Waals surface area contributed by atoms with E-state index in [2.05, 4.69) is 10.6 Å². The zero-order chi connectivity index (χ0) is 16.0. The zero-order valence-corrected chi connectivity index (χ0v) is 11.5. The van der Waals surface area contributed by atoms with E-state index in [1.165, 1.54) is 24.3 Å². The molecule has 0 aliphatic heterocycles. The Labute approximate surface area is 120 Å². The van der Waals surface area contributed by atoms with E-state index in [4.69, 9.17) is 5.14 Å². The van der Waals surface area contributed by atoms with Crippen LogP contribution in [0.2, 0.25) is 0 Å². The molecule has 0 aromatic heterocycles. The van der Waals surface area contributed by atoms with Gasteiger partial charge in [0, 0.05) is 24.6 Å². The summed E-state index contributed by atoms with van der Waals surface area (Å²) >= 11 is 0. The van der Waals surface area contributed by atoms with Crippen LogP contribution in [0.25, 0.3) is 0 Å². The van der Waals surface area contributed by atoms with Crippen molar-refractivity contribution in [3.63, 3.8) is 0 Å². The molecule has 0 saturated carbocycles. The van der Waals surface area contributed by atoms with Crippen molar-refractivity contribution >= 4 is 33.5 Å². The van der Waals surface area contributed by atoms with Crippen LogP contribution in [0, 0.1) is 0 Å². The Balaban J connectivity index is 2.58. The van der Waals surface area contributed by atoms with Gasteiger partial charge in [0.2, 0.25) is 10.0 Å². The third-order valence-corrected chi connectivity index (χ3v) is 3.19. The SMILES string of the molecule is NS(=O)(=O)c1ccc(NC(=O)C(=O)NCCC(=O)[O-])cc1.